The van der Waals surface area contributed by atoms with Crippen LogP contribution in [0.3, 0.4) is 0 Å². The lowest BCUT2D eigenvalue weighted by atomic mass is 9.95. The molecular formula is C15H27NO4S. The molecule has 1 saturated heterocycles. The summed E-state index contributed by atoms with van der Waals surface area (Å²) in [5.74, 6) is 0.665. The lowest BCUT2D eigenvalue weighted by Crippen LogP contribution is -2.63. The number of hydrogen-bond acceptors (Lipinski definition) is 4. The number of carboxylic acid groups (broad SMARTS) is 1. The van der Waals surface area contributed by atoms with Crippen molar-refractivity contribution < 1.29 is 19.4 Å². The summed E-state index contributed by atoms with van der Waals surface area (Å²) < 4.78 is 4.96. The van der Waals surface area contributed by atoms with Gasteiger partial charge in [-0.1, -0.05) is 20.3 Å². The standard InChI is InChI=1S/C15H27NO4S/c1-6-11(2)8-21-15(7-12(17)18)9-16(10-15)13(19)20-14(3,4)5/h11H,6-10H2,1-5H3,(H,17,18). The second-order valence-electron chi connectivity index (χ2n) is 6.91. The van der Waals surface area contributed by atoms with Crippen LogP contribution < -0.4 is 0 Å². The van der Waals surface area contributed by atoms with Crippen LogP contribution >= 0.6 is 11.8 Å². The lowest BCUT2D eigenvalue weighted by molar-refractivity contribution is -0.138. The highest BCUT2D eigenvalue weighted by molar-refractivity contribution is 8.00. The van der Waals surface area contributed by atoms with Gasteiger partial charge >= 0.3 is 12.1 Å². The lowest BCUT2D eigenvalue weighted by Gasteiger charge is -2.49. The molecule has 1 N–H and O–H groups in total. The minimum Gasteiger partial charge on any atom is -0.481 e. The maximum atomic E-state index is 12.0. The topological polar surface area (TPSA) is 66.8 Å². The van der Waals surface area contributed by atoms with Gasteiger partial charge in [0.25, 0.3) is 0 Å². The molecule has 1 amide bonds. The van der Waals surface area contributed by atoms with Gasteiger partial charge in [0.15, 0.2) is 0 Å². The number of rotatable bonds is 6. The van der Waals surface area contributed by atoms with E-state index in [0.717, 1.165) is 12.2 Å². The smallest absolute Gasteiger partial charge is 0.410 e. The van der Waals surface area contributed by atoms with E-state index in [2.05, 4.69) is 13.8 Å². The monoisotopic (exact) mass is 317 g/mol. The Labute approximate surface area is 131 Å². The Bertz CT molecular complexity index is 386. The van der Waals surface area contributed by atoms with Crippen molar-refractivity contribution >= 4 is 23.8 Å². The molecule has 0 spiro atoms. The van der Waals surface area contributed by atoms with Gasteiger partial charge in [0.1, 0.15) is 5.60 Å². The molecular weight excluding hydrogens is 290 g/mol. The summed E-state index contributed by atoms with van der Waals surface area (Å²) in [6.45, 7) is 10.7. The number of likely N-dealkylation sites (tertiary alicyclic amines) is 1. The molecule has 1 heterocycles. The second-order valence-corrected chi connectivity index (χ2v) is 8.40. The Morgan fingerprint density at radius 1 is 1.38 bits per heavy atom. The first-order chi connectivity index (χ1) is 9.57. The van der Waals surface area contributed by atoms with Crippen LogP contribution in [0.2, 0.25) is 0 Å². The number of carbonyl (C=O) groups is 2. The first-order valence-corrected chi connectivity index (χ1v) is 8.39. The number of nitrogens with zero attached hydrogens (tertiary/aromatic N) is 1. The summed E-state index contributed by atoms with van der Waals surface area (Å²) in [6.07, 6.45) is 0.812. The highest BCUT2D eigenvalue weighted by atomic mass is 32.2. The van der Waals surface area contributed by atoms with Crippen LogP contribution in [0.15, 0.2) is 0 Å². The van der Waals surface area contributed by atoms with E-state index in [9.17, 15) is 9.59 Å². The van der Waals surface area contributed by atoms with E-state index >= 15 is 0 Å². The molecule has 0 radical (unpaired) electrons. The van der Waals surface area contributed by atoms with Crippen molar-refractivity contribution in [2.45, 2.75) is 57.8 Å². The molecule has 1 atom stereocenters. The molecule has 0 aromatic carbocycles. The van der Waals surface area contributed by atoms with Crippen molar-refractivity contribution in [1.82, 2.24) is 4.90 Å². The number of thioether (sulfide) groups is 1. The van der Waals surface area contributed by atoms with E-state index in [1.54, 1.807) is 16.7 Å². The van der Waals surface area contributed by atoms with Crippen molar-refractivity contribution in [3.05, 3.63) is 0 Å². The highest BCUT2D eigenvalue weighted by Gasteiger charge is 2.48. The molecule has 5 nitrogen and oxygen atoms in total. The van der Waals surface area contributed by atoms with Gasteiger partial charge in [-0.05, 0) is 32.4 Å². The van der Waals surface area contributed by atoms with Gasteiger partial charge in [-0.15, -0.1) is 0 Å². The predicted octanol–water partition coefficient (Wildman–Crippen LogP) is 3.23. The van der Waals surface area contributed by atoms with Crippen LogP contribution in [0, 0.1) is 5.92 Å². The van der Waals surface area contributed by atoms with E-state index in [1.807, 2.05) is 20.8 Å². The normalized spacial score (nSPS) is 18.8. The van der Waals surface area contributed by atoms with E-state index in [4.69, 9.17) is 9.84 Å². The van der Waals surface area contributed by atoms with E-state index in [-0.39, 0.29) is 17.3 Å². The quantitative estimate of drug-likeness (QED) is 0.814. The Morgan fingerprint density at radius 2 is 1.95 bits per heavy atom. The molecule has 1 fully saturated rings. The van der Waals surface area contributed by atoms with Gasteiger partial charge in [0.2, 0.25) is 0 Å². The minimum atomic E-state index is -0.810. The zero-order valence-electron chi connectivity index (χ0n) is 13.6. The zero-order valence-corrected chi connectivity index (χ0v) is 14.5. The molecule has 122 valence electrons. The third-order valence-corrected chi connectivity index (χ3v) is 5.20. The van der Waals surface area contributed by atoms with Crippen molar-refractivity contribution in [2.75, 3.05) is 18.8 Å². The number of aliphatic carboxylic acids is 1. The molecule has 1 rings (SSSR count). The van der Waals surface area contributed by atoms with Crippen molar-refractivity contribution in [3.8, 4) is 0 Å². The maximum absolute atomic E-state index is 12.0. The molecule has 0 aromatic heterocycles. The van der Waals surface area contributed by atoms with Gasteiger partial charge in [0, 0.05) is 13.1 Å². The average Bonchev–Trinajstić information content (AvgIpc) is 2.28. The maximum Gasteiger partial charge on any atom is 0.410 e. The Morgan fingerprint density at radius 3 is 2.38 bits per heavy atom. The first-order valence-electron chi connectivity index (χ1n) is 7.40. The molecule has 0 bridgehead atoms. The third kappa shape index (κ3) is 5.77. The SMILES string of the molecule is CCC(C)CSC1(CC(=O)O)CN(C(=O)OC(C)(C)C)C1. The average molecular weight is 317 g/mol. The number of ether oxygens (including phenoxy) is 1. The fraction of sp³-hybridized carbons (Fsp3) is 0.867. The van der Waals surface area contributed by atoms with Crippen LogP contribution in [-0.4, -0.2) is 51.3 Å². The minimum absolute atomic E-state index is 0.0907. The zero-order chi connectivity index (χ0) is 16.3. The molecule has 1 aliphatic heterocycles. The molecule has 0 saturated carbocycles. The van der Waals surface area contributed by atoms with Crippen LogP contribution in [0.5, 0.6) is 0 Å². The largest absolute Gasteiger partial charge is 0.481 e. The van der Waals surface area contributed by atoms with Gasteiger partial charge in [0.05, 0.1) is 11.2 Å². The number of carboxylic acids is 1. The molecule has 21 heavy (non-hydrogen) atoms. The van der Waals surface area contributed by atoms with Gasteiger partial charge in [-0.2, -0.15) is 11.8 Å². The molecule has 1 aliphatic rings. The summed E-state index contributed by atoms with van der Waals surface area (Å²) in [5.41, 5.74) is -0.522. The van der Waals surface area contributed by atoms with Gasteiger partial charge < -0.3 is 14.7 Å². The van der Waals surface area contributed by atoms with Crippen LogP contribution in [0.4, 0.5) is 4.79 Å². The van der Waals surface area contributed by atoms with Crippen molar-refractivity contribution in [2.24, 2.45) is 5.92 Å². The van der Waals surface area contributed by atoms with Gasteiger partial charge in [-0.25, -0.2) is 4.79 Å². The Hall–Kier alpha value is -0.910. The summed E-state index contributed by atoms with van der Waals surface area (Å²) in [5, 5.41) is 9.10. The van der Waals surface area contributed by atoms with Crippen molar-refractivity contribution in [3.63, 3.8) is 0 Å². The number of carbonyl (C=O) groups excluding carboxylic acids is 1. The van der Waals surface area contributed by atoms with Crippen LogP contribution in [-0.2, 0) is 9.53 Å². The number of hydrogen-bond donors (Lipinski definition) is 1. The van der Waals surface area contributed by atoms with E-state index in [0.29, 0.717) is 19.0 Å². The second kappa shape index (κ2) is 6.90. The molecule has 1 unspecified atom stereocenters. The summed E-state index contributed by atoms with van der Waals surface area (Å²) in [4.78, 5) is 24.6. The van der Waals surface area contributed by atoms with Gasteiger partial charge in [-0.3, -0.25) is 4.79 Å². The van der Waals surface area contributed by atoms with Crippen LogP contribution in [0.1, 0.15) is 47.5 Å². The molecule has 6 heteroatoms. The fourth-order valence-electron chi connectivity index (χ4n) is 2.07. The number of amides is 1. The third-order valence-electron chi connectivity index (χ3n) is 3.45. The fourth-order valence-corrected chi connectivity index (χ4v) is 3.67. The Kier molecular flexibility index (Phi) is 5.96. The molecule has 0 aromatic rings. The van der Waals surface area contributed by atoms with Crippen LogP contribution in [0.25, 0.3) is 0 Å². The van der Waals surface area contributed by atoms with Crippen molar-refractivity contribution in [1.29, 1.82) is 0 Å². The Balaban J connectivity index is 2.57. The van der Waals surface area contributed by atoms with E-state index < -0.39 is 11.6 Å². The summed E-state index contributed by atoms with van der Waals surface area (Å²) in [6, 6.07) is 0. The first kappa shape index (κ1) is 18.1. The summed E-state index contributed by atoms with van der Waals surface area (Å²) >= 11 is 1.68. The highest BCUT2D eigenvalue weighted by Crippen LogP contribution is 2.40. The molecule has 0 aliphatic carbocycles. The summed E-state index contributed by atoms with van der Waals surface area (Å²) in [7, 11) is 0. The predicted molar refractivity (Wildman–Crippen MR) is 84.7 cm³/mol. The van der Waals surface area contributed by atoms with E-state index in [1.165, 1.54) is 0 Å².